The van der Waals surface area contributed by atoms with Crippen LogP contribution < -0.4 is 0 Å². The predicted octanol–water partition coefficient (Wildman–Crippen LogP) is 2.50. The Labute approximate surface area is 63.4 Å². The predicted molar refractivity (Wildman–Crippen MR) is 38.9 cm³/mol. The summed E-state index contributed by atoms with van der Waals surface area (Å²) < 4.78 is 23.3. The molecule has 0 bridgehead atoms. The van der Waals surface area contributed by atoms with E-state index < -0.39 is 6.08 Å². The third-order valence-corrected chi connectivity index (χ3v) is 1.12. The lowest BCUT2D eigenvalue weighted by atomic mass is 10.2. The van der Waals surface area contributed by atoms with Crippen LogP contribution in [0.15, 0.2) is 24.4 Å². The third-order valence-electron chi connectivity index (χ3n) is 1.12. The van der Waals surface area contributed by atoms with Crippen LogP contribution in [-0.2, 0) is 0 Å². The van der Waals surface area contributed by atoms with E-state index in [2.05, 4.69) is 11.9 Å². The molecule has 0 amide bonds. The van der Waals surface area contributed by atoms with Gasteiger partial charge in [-0.25, -0.2) is 0 Å². The van der Waals surface area contributed by atoms with Crippen LogP contribution in [-0.4, -0.2) is 4.98 Å². The third kappa shape index (κ3) is 2.45. The summed E-state index contributed by atoms with van der Waals surface area (Å²) in [5, 5.41) is 0. The van der Waals surface area contributed by atoms with E-state index in [0.29, 0.717) is 11.3 Å². The number of hydrogen-bond acceptors (Lipinski definition) is 1. The number of aromatic nitrogens is 1. The zero-order valence-electron chi connectivity index (χ0n) is 5.72. The van der Waals surface area contributed by atoms with E-state index in [0.717, 1.165) is 6.08 Å². The molecule has 57 valence electrons. The van der Waals surface area contributed by atoms with Crippen molar-refractivity contribution in [2.75, 3.05) is 0 Å². The first-order valence-corrected chi connectivity index (χ1v) is 2.99. The molecule has 1 radical (unpaired) electrons. The quantitative estimate of drug-likeness (QED) is 0.605. The molecule has 1 aromatic heterocycles. The average Bonchev–Trinajstić information content (AvgIpc) is 1.93. The van der Waals surface area contributed by atoms with E-state index in [1.807, 2.05) is 0 Å². The Hall–Kier alpha value is -1.25. The first-order chi connectivity index (χ1) is 5.18. The maximum absolute atomic E-state index is 11.6. The van der Waals surface area contributed by atoms with Crippen molar-refractivity contribution in [3.8, 4) is 0 Å². The van der Waals surface area contributed by atoms with Gasteiger partial charge in [0.25, 0.3) is 6.08 Å². The largest absolute Gasteiger partial charge is 0.270 e. The molecule has 3 heteroatoms. The van der Waals surface area contributed by atoms with Gasteiger partial charge in [-0.15, -0.1) is 0 Å². The maximum atomic E-state index is 11.6. The molecular formula is C8H6F2N. The molecule has 0 N–H and O–H groups in total. The Kier molecular flexibility index (Phi) is 2.31. The minimum absolute atomic E-state index is 0.386. The molecular weight excluding hydrogens is 148 g/mol. The summed E-state index contributed by atoms with van der Waals surface area (Å²) in [6.07, 6.45) is 0.386. The first-order valence-electron chi connectivity index (χ1n) is 2.99. The van der Waals surface area contributed by atoms with Crippen molar-refractivity contribution in [2.45, 2.75) is 0 Å². The molecule has 0 fully saturated rings. The number of hydrogen-bond donors (Lipinski definition) is 0. The van der Waals surface area contributed by atoms with Crippen LogP contribution in [0.3, 0.4) is 0 Å². The molecule has 1 rings (SSSR count). The van der Waals surface area contributed by atoms with Gasteiger partial charge in [-0.2, -0.15) is 8.78 Å². The number of nitrogens with zero attached hydrogens (tertiary/aromatic N) is 1. The summed E-state index contributed by atoms with van der Waals surface area (Å²) in [4.78, 5) is 3.74. The van der Waals surface area contributed by atoms with Crippen LogP contribution in [0.2, 0.25) is 0 Å². The SMILES string of the molecule is [CH2]c1ccc(C=C(F)F)cn1. The molecule has 11 heavy (non-hydrogen) atoms. The van der Waals surface area contributed by atoms with Gasteiger partial charge < -0.3 is 0 Å². The highest BCUT2D eigenvalue weighted by Crippen LogP contribution is 2.07. The van der Waals surface area contributed by atoms with Crippen molar-refractivity contribution in [1.29, 1.82) is 0 Å². The van der Waals surface area contributed by atoms with Gasteiger partial charge in [0.05, 0.1) is 0 Å². The highest BCUT2D eigenvalue weighted by atomic mass is 19.3. The molecule has 1 nitrogen and oxygen atoms in total. The molecule has 0 saturated carbocycles. The number of pyridine rings is 1. The van der Waals surface area contributed by atoms with Crippen LogP contribution in [0.4, 0.5) is 8.78 Å². The Balaban J connectivity index is 2.91. The van der Waals surface area contributed by atoms with Crippen LogP contribution in [0, 0.1) is 6.92 Å². The summed E-state index contributed by atoms with van der Waals surface area (Å²) in [5.74, 6) is 0. The van der Waals surface area contributed by atoms with Crippen molar-refractivity contribution in [2.24, 2.45) is 0 Å². The topological polar surface area (TPSA) is 12.9 Å². The summed E-state index contributed by atoms with van der Waals surface area (Å²) in [5.41, 5.74) is 0.957. The summed E-state index contributed by atoms with van der Waals surface area (Å²) in [6.45, 7) is 3.52. The van der Waals surface area contributed by atoms with Crippen molar-refractivity contribution in [3.63, 3.8) is 0 Å². The molecule has 0 aromatic carbocycles. The van der Waals surface area contributed by atoms with E-state index in [4.69, 9.17) is 0 Å². The van der Waals surface area contributed by atoms with Crippen LogP contribution >= 0.6 is 0 Å². The van der Waals surface area contributed by atoms with Gasteiger partial charge >= 0.3 is 0 Å². The Morgan fingerprint density at radius 1 is 1.45 bits per heavy atom. The van der Waals surface area contributed by atoms with Gasteiger partial charge in [-0.05, 0) is 18.6 Å². The van der Waals surface area contributed by atoms with E-state index in [1.165, 1.54) is 12.3 Å². The van der Waals surface area contributed by atoms with Crippen LogP contribution in [0.25, 0.3) is 6.08 Å². The minimum Gasteiger partial charge on any atom is -0.261 e. The van der Waals surface area contributed by atoms with Crippen molar-refractivity contribution >= 4 is 6.08 Å². The van der Waals surface area contributed by atoms with Gasteiger partial charge in [0, 0.05) is 18.0 Å². The average molecular weight is 154 g/mol. The molecule has 0 atom stereocenters. The Morgan fingerprint density at radius 2 is 2.18 bits per heavy atom. The molecule has 0 aliphatic rings. The Morgan fingerprint density at radius 3 is 2.64 bits per heavy atom. The fourth-order valence-corrected chi connectivity index (χ4v) is 0.647. The monoisotopic (exact) mass is 154 g/mol. The molecule has 1 heterocycles. The summed E-state index contributed by atoms with van der Waals surface area (Å²) in [7, 11) is 0. The second kappa shape index (κ2) is 3.23. The number of halogens is 2. The molecule has 0 saturated heterocycles. The standard InChI is InChI=1S/C8H6F2N/c1-6-2-3-7(5-11-6)4-8(9)10/h2-5H,1H2. The van der Waals surface area contributed by atoms with Gasteiger partial charge in [0.2, 0.25) is 0 Å². The van der Waals surface area contributed by atoms with Gasteiger partial charge in [-0.3, -0.25) is 4.98 Å². The van der Waals surface area contributed by atoms with E-state index in [9.17, 15) is 8.78 Å². The van der Waals surface area contributed by atoms with Crippen molar-refractivity contribution in [1.82, 2.24) is 4.98 Å². The Bertz CT molecular complexity index is 260. The lowest BCUT2D eigenvalue weighted by Crippen LogP contribution is -1.79. The van der Waals surface area contributed by atoms with E-state index in [-0.39, 0.29) is 0 Å². The highest BCUT2D eigenvalue weighted by molar-refractivity contribution is 5.48. The maximum Gasteiger partial charge on any atom is 0.270 e. The second-order valence-corrected chi connectivity index (χ2v) is 2.02. The van der Waals surface area contributed by atoms with Gasteiger partial charge in [0.15, 0.2) is 0 Å². The lowest BCUT2D eigenvalue weighted by molar-refractivity contribution is 0.429. The van der Waals surface area contributed by atoms with E-state index >= 15 is 0 Å². The second-order valence-electron chi connectivity index (χ2n) is 2.02. The van der Waals surface area contributed by atoms with Crippen LogP contribution in [0.5, 0.6) is 0 Å². The highest BCUT2D eigenvalue weighted by Gasteiger charge is 1.91. The molecule has 0 aliphatic carbocycles. The summed E-state index contributed by atoms with van der Waals surface area (Å²) in [6, 6.07) is 3.11. The molecule has 0 spiro atoms. The van der Waals surface area contributed by atoms with Crippen LogP contribution in [0.1, 0.15) is 11.3 Å². The van der Waals surface area contributed by atoms with Gasteiger partial charge in [0.1, 0.15) is 0 Å². The number of rotatable bonds is 1. The van der Waals surface area contributed by atoms with Crippen molar-refractivity contribution < 1.29 is 8.78 Å². The molecule has 1 aromatic rings. The fraction of sp³-hybridized carbons (Fsp3) is 0. The van der Waals surface area contributed by atoms with Crippen molar-refractivity contribution in [3.05, 3.63) is 42.6 Å². The minimum atomic E-state index is -1.72. The fourth-order valence-electron chi connectivity index (χ4n) is 0.647. The molecule has 0 aliphatic heterocycles. The van der Waals surface area contributed by atoms with E-state index in [1.54, 1.807) is 6.07 Å². The molecule has 0 unspecified atom stereocenters. The van der Waals surface area contributed by atoms with Gasteiger partial charge in [-0.1, -0.05) is 6.07 Å². The smallest absolute Gasteiger partial charge is 0.261 e. The zero-order valence-corrected chi connectivity index (χ0v) is 5.72. The summed E-state index contributed by atoms with van der Waals surface area (Å²) >= 11 is 0. The lowest BCUT2D eigenvalue weighted by Gasteiger charge is -1.91. The normalized spacial score (nSPS) is 9.36. The first kappa shape index (κ1) is 7.85. The zero-order chi connectivity index (χ0) is 8.27.